The van der Waals surface area contributed by atoms with Crippen LogP contribution in [0.5, 0.6) is 0 Å². The van der Waals surface area contributed by atoms with Gasteiger partial charge < -0.3 is 14.9 Å². The van der Waals surface area contributed by atoms with Crippen molar-refractivity contribution in [2.75, 3.05) is 5.32 Å². The van der Waals surface area contributed by atoms with Crippen LogP contribution >= 0.6 is 11.6 Å². The van der Waals surface area contributed by atoms with Gasteiger partial charge in [0.15, 0.2) is 0 Å². The number of fused-ring (bicyclic) bond motifs is 1. The number of rotatable bonds is 3. The van der Waals surface area contributed by atoms with Gasteiger partial charge in [0.25, 0.3) is 11.1 Å². The second-order valence-corrected chi connectivity index (χ2v) is 6.20. The number of aromatic amines is 1. The Bertz CT molecular complexity index is 1130. The molecular formula is C20H21ClN4O2. The van der Waals surface area contributed by atoms with Crippen molar-refractivity contribution in [2.45, 2.75) is 26.8 Å². The molecule has 6 nitrogen and oxygen atoms in total. The van der Waals surface area contributed by atoms with Crippen LogP contribution in [0, 0.1) is 11.3 Å². The Balaban J connectivity index is 0.00000126. The summed E-state index contributed by atoms with van der Waals surface area (Å²) in [5.74, 6) is 0. The van der Waals surface area contributed by atoms with E-state index in [0.717, 1.165) is 5.39 Å². The van der Waals surface area contributed by atoms with Gasteiger partial charge in [-0.2, -0.15) is 5.26 Å². The average Bonchev–Trinajstić information content (AvgIpc) is 2.67. The van der Waals surface area contributed by atoms with Crippen molar-refractivity contribution < 1.29 is 0 Å². The van der Waals surface area contributed by atoms with Crippen LogP contribution in [0.25, 0.3) is 10.9 Å². The quantitative estimate of drug-likeness (QED) is 0.715. The van der Waals surface area contributed by atoms with Gasteiger partial charge in [-0.25, -0.2) is 0 Å². The summed E-state index contributed by atoms with van der Waals surface area (Å²) in [6.45, 7) is 5.79. The molecule has 1 unspecified atom stereocenters. The molecule has 1 atom stereocenters. The Kier molecular flexibility index (Phi) is 6.43. The summed E-state index contributed by atoms with van der Waals surface area (Å²) in [6, 6.07) is 11.6. The van der Waals surface area contributed by atoms with E-state index in [9.17, 15) is 9.59 Å². The van der Waals surface area contributed by atoms with Gasteiger partial charge >= 0.3 is 0 Å². The Hall–Kier alpha value is -3.04. The average molecular weight is 385 g/mol. The number of aromatic nitrogens is 2. The van der Waals surface area contributed by atoms with Crippen molar-refractivity contribution in [2.24, 2.45) is 7.05 Å². The lowest BCUT2D eigenvalue weighted by molar-refractivity contribution is 0.818. The van der Waals surface area contributed by atoms with Gasteiger partial charge in [-0.3, -0.25) is 9.59 Å². The van der Waals surface area contributed by atoms with Crippen LogP contribution in [0.1, 0.15) is 38.1 Å². The molecule has 2 N–H and O–H groups in total. The molecular weight excluding hydrogens is 364 g/mol. The zero-order valence-electron chi connectivity index (χ0n) is 15.6. The van der Waals surface area contributed by atoms with Crippen LogP contribution in [0.4, 0.5) is 5.69 Å². The number of anilines is 1. The highest BCUT2D eigenvalue weighted by Gasteiger charge is 2.14. The first-order valence-electron chi connectivity index (χ1n) is 8.60. The molecule has 27 heavy (non-hydrogen) atoms. The first kappa shape index (κ1) is 20.3. The largest absolute Gasteiger partial charge is 0.374 e. The van der Waals surface area contributed by atoms with Gasteiger partial charge in [-0.15, -0.1) is 0 Å². The van der Waals surface area contributed by atoms with Gasteiger partial charge in [-0.05, 0) is 43.3 Å². The maximum absolute atomic E-state index is 12.3. The fourth-order valence-corrected chi connectivity index (χ4v) is 2.87. The highest BCUT2D eigenvalue weighted by atomic mass is 35.5. The van der Waals surface area contributed by atoms with Crippen molar-refractivity contribution >= 4 is 28.2 Å². The third-order valence-corrected chi connectivity index (χ3v) is 4.33. The van der Waals surface area contributed by atoms with Crippen LogP contribution < -0.4 is 16.4 Å². The van der Waals surface area contributed by atoms with E-state index in [1.807, 2.05) is 19.9 Å². The number of hydrogen-bond acceptors (Lipinski definition) is 4. The lowest BCUT2D eigenvalue weighted by Crippen LogP contribution is -2.26. The van der Waals surface area contributed by atoms with Gasteiger partial charge in [0.05, 0.1) is 6.04 Å². The number of pyridine rings is 2. The fourth-order valence-electron chi connectivity index (χ4n) is 2.68. The fraction of sp³-hybridized carbons (Fsp3) is 0.250. The number of nitrogens with one attached hydrogen (secondary N) is 2. The van der Waals surface area contributed by atoms with Crippen molar-refractivity contribution in [3.63, 3.8) is 0 Å². The lowest BCUT2D eigenvalue weighted by Gasteiger charge is -2.16. The Labute approximate surface area is 162 Å². The van der Waals surface area contributed by atoms with E-state index in [0.29, 0.717) is 21.8 Å². The van der Waals surface area contributed by atoms with Gasteiger partial charge in [0.1, 0.15) is 17.5 Å². The molecule has 0 saturated carbocycles. The van der Waals surface area contributed by atoms with E-state index in [2.05, 4.69) is 10.3 Å². The third-order valence-electron chi connectivity index (χ3n) is 4.09. The van der Waals surface area contributed by atoms with Crippen LogP contribution in [0.15, 0.2) is 46.0 Å². The highest BCUT2D eigenvalue weighted by molar-refractivity contribution is 6.31. The smallest absolute Gasteiger partial charge is 0.274 e. The normalized spacial score (nSPS) is 11.3. The maximum Gasteiger partial charge on any atom is 0.274 e. The molecule has 3 aromatic rings. The number of halogens is 1. The summed E-state index contributed by atoms with van der Waals surface area (Å²) in [5.41, 5.74) is 1.20. The van der Waals surface area contributed by atoms with Crippen LogP contribution in [-0.2, 0) is 7.05 Å². The molecule has 140 valence electrons. The van der Waals surface area contributed by atoms with E-state index in [-0.39, 0.29) is 16.8 Å². The van der Waals surface area contributed by atoms with E-state index in [1.54, 1.807) is 43.3 Å². The summed E-state index contributed by atoms with van der Waals surface area (Å²) < 4.78 is 1.26. The summed E-state index contributed by atoms with van der Waals surface area (Å²) >= 11 is 6.01. The molecule has 0 fully saturated rings. The number of nitriles is 1. The highest BCUT2D eigenvalue weighted by Crippen LogP contribution is 2.21. The summed E-state index contributed by atoms with van der Waals surface area (Å²) in [5, 5.41) is 13.4. The van der Waals surface area contributed by atoms with Crippen molar-refractivity contribution in [1.82, 2.24) is 9.55 Å². The maximum atomic E-state index is 12.3. The number of benzene rings is 1. The number of H-pyrrole nitrogens is 1. The molecule has 0 bridgehead atoms. The topological polar surface area (TPSA) is 90.7 Å². The van der Waals surface area contributed by atoms with Crippen LogP contribution in [0.3, 0.4) is 0 Å². The Morgan fingerprint density at radius 3 is 2.56 bits per heavy atom. The minimum Gasteiger partial charge on any atom is -0.374 e. The third kappa shape index (κ3) is 4.21. The van der Waals surface area contributed by atoms with E-state index < -0.39 is 6.04 Å². The minimum atomic E-state index is -0.409. The molecule has 0 amide bonds. The van der Waals surface area contributed by atoms with Crippen molar-refractivity contribution in [1.29, 1.82) is 5.26 Å². The molecule has 0 aliphatic rings. The number of nitrogens with zero attached hydrogens (tertiary/aromatic N) is 2. The monoisotopic (exact) mass is 384 g/mol. The summed E-state index contributed by atoms with van der Waals surface area (Å²) in [6.07, 6.45) is 0. The molecule has 0 aliphatic carbocycles. The second kappa shape index (κ2) is 8.56. The molecule has 0 radical (unpaired) electrons. The lowest BCUT2D eigenvalue weighted by atomic mass is 10.1. The minimum absolute atomic E-state index is 0.236. The number of hydrogen-bond donors (Lipinski definition) is 2. The zero-order chi connectivity index (χ0) is 20.1. The molecule has 0 spiro atoms. The van der Waals surface area contributed by atoms with Crippen LogP contribution in [0.2, 0.25) is 5.02 Å². The van der Waals surface area contributed by atoms with Gasteiger partial charge in [0, 0.05) is 28.5 Å². The molecule has 0 aliphatic heterocycles. The predicted molar refractivity (Wildman–Crippen MR) is 109 cm³/mol. The SMILES string of the molecule is CC.CC(Nc1ccc(C#N)n(C)c1=O)c1cc2cc(Cl)ccc2[nH]c1=O. The van der Waals surface area contributed by atoms with E-state index >= 15 is 0 Å². The predicted octanol–water partition coefficient (Wildman–Crippen LogP) is 3.95. The molecule has 0 saturated heterocycles. The molecule has 1 aromatic carbocycles. The first-order chi connectivity index (χ1) is 12.9. The molecule has 7 heteroatoms. The van der Waals surface area contributed by atoms with E-state index in [4.69, 9.17) is 16.9 Å². The molecule has 2 aromatic heterocycles. The summed E-state index contributed by atoms with van der Waals surface area (Å²) in [4.78, 5) is 27.5. The standard InChI is InChI=1S/C18H15ClN4O2.C2H6/c1-10(21-16-6-4-13(9-20)23(2)18(16)25)14-8-11-7-12(19)3-5-15(11)22-17(14)24;1-2/h3-8,10,21H,1-2H3,(H,22,24);1-2H3. The van der Waals surface area contributed by atoms with Crippen molar-refractivity contribution in [3.8, 4) is 6.07 Å². The molecule has 2 heterocycles. The van der Waals surface area contributed by atoms with Gasteiger partial charge in [-0.1, -0.05) is 25.4 Å². The van der Waals surface area contributed by atoms with Gasteiger partial charge in [0.2, 0.25) is 0 Å². The summed E-state index contributed by atoms with van der Waals surface area (Å²) in [7, 11) is 1.53. The second-order valence-electron chi connectivity index (χ2n) is 5.76. The Morgan fingerprint density at radius 1 is 1.19 bits per heavy atom. The Morgan fingerprint density at radius 2 is 1.89 bits per heavy atom. The van der Waals surface area contributed by atoms with Crippen molar-refractivity contribution in [3.05, 3.63) is 73.4 Å². The zero-order valence-corrected chi connectivity index (χ0v) is 16.4. The first-order valence-corrected chi connectivity index (χ1v) is 8.97. The van der Waals surface area contributed by atoms with Crippen LogP contribution in [-0.4, -0.2) is 9.55 Å². The molecule has 3 rings (SSSR count). The van der Waals surface area contributed by atoms with E-state index in [1.165, 1.54) is 11.6 Å².